The molecule has 0 nitrogen and oxygen atoms in total. The van der Waals surface area contributed by atoms with Gasteiger partial charge in [0.05, 0.1) is 0 Å². The molecule has 0 aliphatic heterocycles. The van der Waals surface area contributed by atoms with Gasteiger partial charge in [-0.25, -0.2) is 4.39 Å². The van der Waals surface area contributed by atoms with Crippen molar-refractivity contribution in [2.75, 3.05) is 9.76 Å². The maximum Gasteiger partial charge on any atom is 0.119 e. The minimum atomic E-state index is -0.661. The quantitative estimate of drug-likeness (QED) is 0.531. The molecule has 0 rings (SSSR count). The van der Waals surface area contributed by atoms with Gasteiger partial charge in [0.1, 0.15) is 6.17 Å². The van der Waals surface area contributed by atoms with Gasteiger partial charge in [-0.05, 0) is 0 Å². The van der Waals surface area contributed by atoms with Gasteiger partial charge in [-0.3, -0.25) is 0 Å². The smallest absolute Gasteiger partial charge is 0.119 e. The van der Waals surface area contributed by atoms with Gasteiger partial charge in [-0.1, -0.05) is 38.5 Å². The third-order valence-electron chi connectivity index (χ3n) is 0.335. The fourth-order valence-corrected chi connectivity index (χ4v) is 1.44. The lowest BCUT2D eigenvalue weighted by molar-refractivity contribution is 0.410. The predicted octanol–water partition coefficient (Wildman–Crippen LogP) is 2.15. The van der Waals surface area contributed by atoms with Crippen molar-refractivity contribution in [3.8, 4) is 0 Å². The molecule has 0 radical (unpaired) electrons. The zero-order valence-electron chi connectivity index (χ0n) is 3.13. The number of halogens is 3. The van der Waals surface area contributed by atoms with Crippen LogP contribution in [0.3, 0.4) is 0 Å². The molecular weight excluding hydrogens is 262 g/mol. The Morgan fingerprint density at radius 1 is 1.83 bits per heavy atom. The van der Waals surface area contributed by atoms with Crippen LogP contribution in [0.4, 0.5) is 4.39 Å². The van der Waals surface area contributed by atoms with Crippen molar-refractivity contribution >= 4 is 38.5 Å². The van der Waals surface area contributed by atoms with Gasteiger partial charge in [0.15, 0.2) is 0 Å². The first-order valence-corrected chi connectivity index (χ1v) is 4.22. The van der Waals surface area contributed by atoms with E-state index in [1.807, 2.05) is 22.6 Å². The Balaban J connectivity index is 2.75. The summed E-state index contributed by atoms with van der Waals surface area (Å²) in [5, 5.41) is 0.468. The monoisotopic (exact) mass is 266 g/mol. The molecule has 0 bridgehead atoms. The second-order valence-electron chi connectivity index (χ2n) is 0.906. The zero-order chi connectivity index (χ0) is 4.99. The topological polar surface area (TPSA) is 0 Å². The van der Waals surface area contributed by atoms with Crippen molar-refractivity contribution in [3.05, 3.63) is 0 Å². The predicted molar refractivity (Wildman–Crippen MR) is 37.6 cm³/mol. The Hall–Kier alpha value is 1.14. The molecule has 38 valence electrons. The van der Waals surface area contributed by atoms with Crippen LogP contribution in [0.15, 0.2) is 0 Å². The number of rotatable bonds is 2. The second kappa shape index (κ2) is 4.30. The minimum Gasteiger partial charge on any atom is -0.246 e. The van der Waals surface area contributed by atoms with E-state index in [1.165, 1.54) is 0 Å². The lowest BCUT2D eigenvalue weighted by Crippen LogP contribution is -2.00. The zero-order valence-corrected chi connectivity index (χ0v) is 6.87. The maximum absolute atomic E-state index is 11.8. The minimum absolute atomic E-state index is 0.468. The molecule has 0 N–H and O–H groups in total. The van der Waals surface area contributed by atoms with Crippen LogP contribution in [0, 0.1) is 0 Å². The van der Waals surface area contributed by atoms with Gasteiger partial charge in [0.25, 0.3) is 0 Å². The highest BCUT2D eigenvalue weighted by Gasteiger charge is 1.96. The number of hydrogen-bond donors (Lipinski definition) is 0. The van der Waals surface area contributed by atoms with E-state index in [1.54, 1.807) is 0 Å². The Labute approximate surface area is 58.8 Å². The molecule has 0 fully saturated rings. The molecule has 1 atom stereocenters. The van der Waals surface area contributed by atoms with Crippen LogP contribution in [0.5, 0.6) is 0 Å². The molecule has 1 unspecified atom stereocenters. The molecule has 0 aromatic heterocycles. The lowest BCUT2D eigenvalue weighted by Gasteiger charge is -1.91. The fourth-order valence-electron chi connectivity index (χ4n) is 0.0412. The first-order valence-electron chi connectivity index (χ1n) is 1.57. The molecule has 0 aromatic rings. The van der Waals surface area contributed by atoms with E-state index in [2.05, 4.69) is 15.9 Å². The number of alkyl halides is 3. The lowest BCUT2D eigenvalue weighted by atomic mass is 10.5. The van der Waals surface area contributed by atoms with Gasteiger partial charge in [-0.15, -0.1) is 0 Å². The summed E-state index contributed by atoms with van der Waals surface area (Å²) in [5.41, 5.74) is 0. The van der Waals surface area contributed by atoms with E-state index in [-0.39, 0.29) is 0 Å². The molecule has 0 spiro atoms. The fraction of sp³-hybridized carbons (Fsp3) is 1.00. The van der Waals surface area contributed by atoms with Crippen LogP contribution in [0.1, 0.15) is 0 Å². The molecule has 0 amide bonds. The van der Waals surface area contributed by atoms with E-state index >= 15 is 0 Å². The molecule has 0 saturated carbocycles. The molecule has 0 aromatic carbocycles. The Kier molecular flexibility index (Phi) is 5.12. The van der Waals surface area contributed by atoms with E-state index in [4.69, 9.17) is 0 Å². The molecule has 3 heteroatoms. The molecule has 6 heavy (non-hydrogen) atoms. The Morgan fingerprint density at radius 2 is 2.33 bits per heavy atom. The van der Waals surface area contributed by atoms with Gasteiger partial charge in [0.2, 0.25) is 0 Å². The summed E-state index contributed by atoms with van der Waals surface area (Å²) in [7, 11) is 0. The summed E-state index contributed by atoms with van der Waals surface area (Å²) in [6.45, 7) is 0. The van der Waals surface area contributed by atoms with Crippen molar-refractivity contribution in [2.24, 2.45) is 0 Å². The van der Waals surface area contributed by atoms with Gasteiger partial charge in [0, 0.05) is 9.76 Å². The highest BCUT2D eigenvalue weighted by molar-refractivity contribution is 14.1. The molecule has 0 saturated heterocycles. The summed E-state index contributed by atoms with van der Waals surface area (Å²) >= 11 is 5.00. The molecule has 0 heterocycles. The van der Waals surface area contributed by atoms with Crippen LogP contribution >= 0.6 is 38.5 Å². The van der Waals surface area contributed by atoms with Gasteiger partial charge in [-0.2, -0.15) is 0 Å². The van der Waals surface area contributed by atoms with Gasteiger partial charge < -0.3 is 0 Å². The number of hydrogen-bond acceptors (Lipinski definition) is 0. The molecule has 0 aliphatic rings. The van der Waals surface area contributed by atoms with E-state index < -0.39 is 6.17 Å². The van der Waals surface area contributed by atoms with Crippen molar-refractivity contribution in [3.63, 3.8) is 0 Å². The summed E-state index contributed by atoms with van der Waals surface area (Å²) in [6, 6.07) is 0. The first-order chi connectivity index (χ1) is 2.81. The third kappa shape index (κ3) is 3.33. The van der Waals surface area contributed by atoms with Crippen molar-refractivity contribution < 1.29 is 4.39 Å². The summed E-state index contributed by atoms with van der Waals surface area (Å²) < 4.78 is 12.4. The standard InChI is InChI=1S/C3H5BrFI/c4-1-3(5)2-6/h3H,1-2H2. The average Bonchev–Trinajstić information content (AvgIpc) is 1.65. The SMILES string of the molecule is FC(CBr)CI. The normalized spacial score (nSPS) is 14.5. The van der Waals surface area contributed by atoms with Gasteiger partial charge >= 0.3 is 0 Å². The van der Waals surface area contributed by atoms with Crippen LogP contribution in [0.2, 0.25) is 0 Å². The van der Waals surface area contributed by atoms with E-state index in [0.717, 1.165) is 0 Å². The van der Waals surface area contributed by atoms with Crippen LogP contribution in [-0.4, -0.2) is 15.9 Å². The van der Waals surface area contributed by atoms with E-state index in [9.17, 15) is 4.39 Å². The van der Waals surface area contributed by atoms with Crippen LogP contribution < -0.4 is 0 Å². The van der Waals surface area contributed by atoms with Crippen LogP contribution in [-0.2, 0) is 0 Å². The largest absolute Gasteiger partial charge is 0.246 e. The molecule has 0 aliphatic carbocycles. The second-order valence-corrected chi connectivity index (χ2v) is 2.43. The Morgan fingerprint density at radius 3 is 2.33 bits per heavy atom. The first kappa shape index (κ1) is 7.14. The maximum atomic E-state index is 11.8. The Bertz CT molecular complexity index is 30.0. The van der Waals surface area contributed by atoms with Crippen molar-refractivity contribution in [2.45, 2.75) is 6.17 Å². The van der Waals surface area contributed by atoms with Crippen molar-refractivity contribution in [1.82, 2.24) is 0 Å². The third-order valence-corrected chi connectivity index (χ3v) is 1.99. The highest BCUT2D eigenvalue weighted by Crippen LogP contribution is 1.99. The average molecular weight is 267 g/mol. The summed E-state index contributed by atoms with van der Waals surface area (Å²) in [5.74, 6) is 0. The van der Waals surface area contributed by atoms with Crippen molar-refractivity contribution in [1.29, 1.82) is 0 Å². The molecular formula is C3H5BrFI. The van der Waals surface area contributed by atoms with Crippen LogP contribution in [0.25, 0.3) is 0 Å². The summed E-state index contributed by atoms with van der Waals surface area (Å²) in [4.78, 5) is 0. The summed E-state index contributed by atoms with van der Waals surface area (Å²) in [6.07, 6.45) is -0.661. The van der Waals surface area contributed by atoms with E-state index in [0.29, 0.717) is 9.76 Å². The highest BCUT2D eigenvalue weighted by atomic mass is 127.